The zero-order valence-electron chi connectivity index (χ0n) is 21.7. The third-order valence-corrected chi connectivity index (χ3v) is 8.29. The Morgan fingerprint density at radius 1 is 0.865 bits per heavy atom. The van der Waals surface area contributed by atoms with Crippen LogP contribution in [0.1, 0.15) is 82.6 Å². The predicted octanol–water partition coefficient (Wildman–Crippen LogP) is 4.03. The van der Waals surface area contributed by atoms with Crippen LogP contribution in [0, 0.1) is 11.8 Å². The molecule has 37 heavy (non-hydrogen) atoms. The average molecular weight is 511 g/mol. The minimum Gasteiger partial charge on any atom is -0.480 e. The van der Waals surface area contributed by atoms with Crippen LogP contribution in [-0.2, 0) is 20.8 Å². The van der Waals surface area contributed by atoms with Gasteiger partial charge in [-0.05, 0) is 36.3 Å². The van der Waals surface area contributed by atoms with E-state index in [1.807, 2.05) is 24.3 Å². The number of hydrogen-bond donors (Lipinski definition) is 5. The van der Waals surface area contributed by atoms with Crippen LogP contribution in [-0.4, -0.2) is 46.0 Å². The van der Waals surface area contributed by atoms with Crippen LogP contribution in [0.2, 0.25) is 0 Å². The molecular formula is C29H42N4O4. The van der Waals surface area contributed by atoms with Crippen molar-refractivity contribution in [2.24, 2.45) is 17.6 Å². The van der Waals surface area contributed by atoms with Gasteiger partial charge in [0, 0.05) is 23.5 Å². The van der Waals surface area contributed by atoms with Gasteiger partial charge in [0.05, 0.1) is 6.04 Å². The van der Waals surface area contributed by atoms with Gasteiger partial charge in [-0.3, -0.25) is 9.59 Å². The van der Waals surface area contributed by atoms with Crippen molar-refractivity contribution in [1.82, 2.24) is 15.6 Å². The Labute approximate surface area is 219 Å². The van der Waals surface area contributed by atoms with E-state index in [4.69, 9.17) is 5.73 Å². The second-order valence-electron chi connectivity index (χ2n) is 11.1. The van der Waals surface area contributed by atoms with Gasteiger partial charge in [0.2, 0.25) is 11.8 Å². The molecule has 3 atom stereocenters. The molecule has 8 heteroatoms. The summed E-state index contributed by atoms with van der Waals surface area (Å²) < 4.78 is 0. The number of hydrogen-bond acceptors (Lipinski definition) is 4. The quantitative estimate of drug-likeness (QED) is 0.311. The number of aromatic nitrogens is 1. The van der Waals surface area contributed by atoms with Crippen molar-refractivity contribution in [1.29, 1.82) is 0 Å². The number of carbonyl (C=O) groups excluding carboxylic acids is 2. The lowest BCUT2D eigenvalue weighted by Crippen LogP contribution is -2.55. The van der Waals surface area contributed by atoms with Gasteiger partial charge in [0.15, 0.2) is 0 Å². The molecule has 2 fully saturated rings. The summed E-state index contributed by atoms with van der Waals surface area (Å²) in [5.74, 6) is -1.08. The number of rotatable bonds is 11. The molecule has 0 radical (unpaired) electrons. The SMILES string of the molecule is N[C@@H](CC1CCCCC1)C(=O)N[C@@H](CC1CCCCC1)C(=O)N[C@@H](Cc1c[nH]c2ccccc12)C(=O)O. The average Bonchev–Trinajstić information content (AvgIpc) is 3.31. The standard InChI is InChI=1S/C29H42N4O4/c30-23(15-19-9-3-1-4-10-19)27(34)32-25(16-20-11-5-2-6-12-20)28(35)33-26(29(36)37)17-21-18-31-24-14-8-7-13-22(21)24/h7-8,13-14,18-20,23,25-26,31H,1-6,9-12,15-17,30H2,(H,32,34)(H,33,35)(H,36,37)/t23-,25-,26-/m0/s1. The first-order chi connectivity index (χ1) is 17.9. The van der Waals surface area contributed by atoms with E-state index in [0.717, 1.165) is 55.0 Å². The number of aromatic amines is 1. The molecule has 4 rings (SSSR count). The fourth-order valence-electron chi connectivity index (χ4n) is 6.15. The fraction of sp³-hybridized carbons (Fsp3) is 0.621. The molecule has 2 saturated carbocycles. The second-order valence-corrected chi connectivity index (χ2v) is 11.1. The van der Waals surface area contributed by atoms with Gasteiger partial charge in [-0.15, -0.1) is 0 Å². The van der Waals surface area contributed by atoms with Crippen LogP contribution >= 0.6 is 0 Å². The van der Waals surface area contributed by atoms with Gasteiger partial charge < -0.3 is 26.5 Å². The highest BCUT2D eigenvalue weighted by Gasteiger charge is 2.31. The molecule has 8 nitrogen and oxygen atoms in total. The second kappa shape index (κ2) is 13.1. The highest BCUT2D eigenvalue weighted by molar-refractivity contribution is 5.92. The highest BCUT2D eigenvalue weighted by Crippen LogP contribution is 2.29. The molecule has 0 aliphatic heterocycles. The Bertz CT molecular complexity index is 1060. The summed E-state index contributed by atoms with van der Waals surface area (Å²) in [4.78, 5) is 41.8. The maximum Gasteiger partial charge on any atom is 0.326 e. The lowest BCUT2D eigenvalue weighted by molar-refractivity contribution is -0.142. The van der Waals surface area contributed by atoms with Crippen molar-refractivity contribution in [3.63, 3.8) is 0 Å². The molecule has 0 spiro atoms. The highest BCUT2D eigenvalue weighted by atomic mass is 16.4. The monoisotopic (exact) mass is 510 g/mol. The summed E-state index contributed by atoms with van der Waals surface area (Å²) in [6.45, 7) is 0. The summed E-state index contributed by atoms with van der Waals surface area (Å²) in [5.41, 5.74) is 8.02. The maximum absolute atomic E-state index is 13.4. The molecule has 0 bridgehead atoms. The van der Waals surface area contributed by atoms with Crippen LogP contribution in [0.25, 0.3) is 10.9 Å². The molecule has 1 heterocycles. The van der Waals surface area contributed by atoms with E-state index >= 15 is 0 Å². The topological polar surface area (TPSA) is 137 Å². The van der Waals surface area contributed by atoms with Gasteiger partial charge in [-0.25, -0.2) is 4.79 Å². The minimum absolute atomic E-state index is 0.149. The molecule has 6 N–H and O–H groups in total. The maximum atomic E-state index is 13.4. The predicted molar refractivity (Wildman–Crippen MR) is 144 cm³/mol. The molecule has 1 aromatic heterocycles. The van der Waals surface area contributed by atoms with Crippen molar-refractivity contribution in [2.75, 3.05) is 0 Å². The normalized spacial score (nSPS) is 19.7. The molecule has 1 aromatic carbocycles. The number of para-hydroxylation sites is 1. The molecule has 0 unspecified atom stereocenters. The number of carboxylic acids is 1. The van der Waals surface area contributed by atoms with E-state index in [1.54, 1.807) is 6.20 Å². The summed E-state index contributed by atoms with van der Waals surface area (Å²) >= 11 is 0. The number of benzene rings is 1. The minimum atomic E-state index is -1.10. The van der Waals surface area contributed by atoms with E-state index in [0.29, 0.717) is 24.7 Å². The first-order valence-electron chi connectivity index (χ1n) is 14.0. The van der Waals surface area contributed by atoms with E-state index < -0.39 is 30.0 Å². The zero-order valence-corrected chi connectivity index (χ0v) is 21.7. The smallest absolute Gasteiger partial charge is 0.326 e. The first-order valence-corrected chi connectivity index (χ1v) is 14.0. The lowest BCUT2D eigenvalue weighted by atomic mass is 9.84. The van der Waals surface area contributed by atoms with Gasteiger partial charge in [-0.2, -0.15) is 0 Å². The third-order valence-electron chi connectivity index (χ3n) is 8.29. The number of nitrogens with one attached hydrogen (secondary N) is 3. The number of carbonyl (C=O) groups is 3. The number of H-pyrrole nitrogens is 1. The van der Waals surface area contributed by atoms with Crippen molar-refractivity contribution in [3.05, 3.63) is 36.0 Å². The van der Waals surface area contributed by atoms with E-state index in [9.17, 15) is 19.5 Å². The number of aliphatic carboxylic acids is 1. The van der Waals surface area contributed by atoms with Gasteiger partial charge >= 0.3 is 5.97 Å². The molecule has 2 aliphatic carbocycles. The Kier molecular flexibility index (Phi) is 9.61. The van der Waals surface area contributed by atoms with Crippen molar-refractivity contribution in [3.8, 4) is 0 Å². The van der Waals surface area contributed by atoms with Crippen molar-refractivity contribution in [2.45, 2.75) is 102 Å². The fourth-order valence-corrected chi connectivity index (χ4v) is 6.15. The van der Waals surface area contributed by atoms with Gasteiger partial charge in [-0.1, -0.05) is 82.4 Å². The van der Waals surface area contributed by atoms with Crippen LogP contribution in [0.3, 0.4) is 0 Å². The number of carboxylic acid groups (broad SMARTS) is 1. The molecular weight excluding hydrogens is 468 g/mol. The number of fused-ring (bicyclic) bond motifs is 1. The number of nitrogens with two attached hydrogens (primary N) is 1. The van der Waals surface area contributed by atoms with Crippen LogP contribution in [0.4, 0.5) is 0 Å². The van der Waals surface area contributed by atoms with Crippen LogP contribution < -0.4 is 16.4 Å². The number of amides is 2. The molecule has 2 amide bonds. The van der Waals surface area contributed by atoms with E-state index in [1.165, 1.54) is 25.7 Å². The van der Waals surface area contributed by atoms with Gasteiger partial charge in [0.25, 0.3) is 0 Å². The van der Waals surface area contributed by atoms with Crippen LogP contribution in [0.15, 0.2) is 30.5 Å². The molecule has 2 aromatic rings. The Morgan fingerprint density at radius 3 is 2.11 bits per heavy atom. The van der Waals surface area contributed by atoms with Crippen LogP contribution in [0.5, 0.6) is 0 Å². The largest absolute Gasteiger partial charge is 0.480 e. The lowest BCUT2D eigenvalue weighted by Gasteiger charge is -2.29. The molecule has 2 aliphatic rings. The summed E-state index contributed by atoms with van der Waals surface area (Å²) in [5, 5.41) is 16.5. The summed E-state index contributed by atoms with van der Waals surface area (Å²) in [7, 11) is 0. The van der Waals surface area contributed by atoms with Gasteiger partial charge in [0.1, 0.15) is 12.1 Å². The Morgan fingerprint density at radius 2 is 1.46 bits per heavy atom. The Balaban J connectivity index is 1.43. The Hall–Kier alpha value is -2.87. The first kappa shape index (κ1) is 27.2. The van der Waals surface area contributed by atoms with E-state index in [2.05, 4.69) is 15.6 Å². The molecule has 0 saturated heterocycles. The third kappa shape index (κ3) is 7.57. The molecule has 202 valence electrons. The summed E-state index contributed by atoms with van der Waals surface area (Å²) in [6.07, 6.45) is 14.3. The summed E-state index contributed by atoms with van der Waals surface area (Å²) in [6, 6.07) is 5.12. The van der Waals surface area contributed by atoms with Crippen molar-refractivity contribution >= 4 is 28.7 Å². The van der Waals surface area contributed by atoms with Crippen molar-refractivity contribution < 1.29 is 19.5 Å². The zero-order chi connectivity index (χ0) is 26.2. The van der Waals surface area contributed by atoms with E-state index in [-0.39, 0.29) is 12.3 Å².